The van der Waals surface area contributed by atoms with E-state index in [1.165, 1.54) is 19.4 Å². The molecule has 1 N–H and O–H groups in total. The van der Waals surface area contributed by atoms with Crippen LogP contribution in [0.25, 0.3) is 0 Å². The fraction of sp³-hybridized carbons (Fsp3) is 0.793. The summed E-state index contributed by atoms with van der Waals surface area (Å²) in [4.78, 5) is 35.9. The van der Waals surface area contributed by atoms with Crippen LogP contribution < -0.4 is 5.43 Å². The lowest BCUT2D eigenvalue weighted by atomic mass is 9.46. The van der Waals surface area contributed by atoms with Crippen molar-refractivity contribution in [3.8, 4) is 0 Å². The zero-order chi connectivity index (χ0) is 27.9. The molecule has 0 aromatic carbocycles. The first-order valence-corrected chi connectivity index (χ1v) is 14.0. The number of nitrogens with one attached hydrogen (secondary N) is 1. The van der Waals surface area contributed by atoms with E-state index in [2.05, 4.69) is 30.5 Å². The first-order valence-electron chi connectivity index (χ1n) is 14.0. The third-order valence-electron chi connectivity index (χ3n) is 10.3. The topological polar surface area (TPSA) is 113 Å². The van der Waals surface area contributed by atoms with Crippen molar-refractivity contribution < 1.29 is 33.3 Å². The average molecular weight is 533 g/mol. The quantitative estimate of drug-likeness (QED) is 0.170. The Labute approximate surface area is 226 Å². The summed E-state index contributed by atoms with van der Waals surface area (Å²) < 4.78 is 22.9. The van der Waals surface area contributed by atoms with Gasteiger partial charge in [0.15, 0.2) is 0 Å². The van der Waals surface area contributed by atoms with E-state index in [0.29, 0.717) is 24.0 Å². The van der Waals surface area contributed by atoms with Crippen LogP contribution in [0.4, 0.5) is 4.79 Å². The van der Waals surface area contributed by atoms with E-state index in [-0.39, 0.29) is 41.4 Å². The molecular weight excluding hydrogens is 488 g/mol. The number of hydrazone groups is 1. The summed E-state index contributed by atoms with van der Waals surface area (Å²) in [5, 5.41) is 4.40. The van der Waals surface area contributed by atoms with E-state index >= 15 is 0 Å². The number of hydrogen-bond donors (Lipinski definition) is 1. The first kappa shape index (κ1) is 28.6. The highest BCUT2D eigenvalue weighted by Gasteiger charge is 2.70. The molecule has 0 saturated heterocycles. The number of carbonyl (C=O) groups excluding carboxylic acids is 3. The van der Waals surface area contributed by atoms with Crippen LogP contribution in [0.1, 0.15) is 86.5 Å². The summed E-state index contributed by atoms with van der Waals surface area (Å²) in [5.41, 5.74) is 3.20. The van der Waals surface area contributed by atoms with Crippen molar-refractivity contribution in [1.29, 1.82) is 0 Å². The molecule has 9 nitrogen and oxygen atoms in total. The minimum atomic E-state index is -0.980. The average Bonchev–Trinajstić information content (AvgIpc) is 3.10. The van der Waals surface area contributed by atoms with Crippen LogP contribution in [-0.2, 0) is 28.5 Å². The van der Waals surface area contributed by atoms with Gasteiger partial charge in [-0.3, -0.25) is 9.59 Å². The van der Waals surface area contributed by atoms with Crippen LogP contribution >= 0.6 is 0 Å². The molecule has 0 aromatic heterocycles. The molecule has 0 bridgehead atoms. The third-order valence-corrected chi connectivity index (χ3v) is 10.3. The van der Waals surface area contributed by atoms with Crippen LogP contribution in [0, 0.1) is 28.6 Å². The molecule has 212 valence electrons. The Morgan fingerprint density at radius 1 is 1.05 bits per heavy atom. The number of ether oxygens (including phenoxy) is 4. The van der Waals surface area contributed by atoms with E-state index in [1.807, 2.05) is 6.92 Å². The summed E-state index contributed by atoms with van der Waals surface area (Å²) in [5.74, 6) is 0.546. The summed E-state index contributed by atoms with van der Waals surface area (Å²) in [6.45, 7) is 11.3. The molecule has 4 aliphatic carbocycles. The summed E-state index contributed by atoms with van der Waals surface area (Å²) >= 11 is 0. The second-order valence-corrected chi connectivity index (χ2v) is 12.0. The lowest BCUT2D eigenvalue weighted by Crippen LogP contribution is -2.61. The lowest BCUT2D eigenvalue weighted by Gasteiger charge is -2.59. The number of allylic oxidation sites excluding steroid dienone is 1. The van der Waals surface area contributed by atoms with Gasteiger partial charge in [-0.1, -0.05) is 25.5 Å². The van der Waals surface area contributed by atoms with Gasteiger partial charge < -0.3 is 18.9 Å². The number of nitrogens with zero attached hydrogens (tertiary/aromatic N) is 1. The van der Waals surface area contributed by atoms with E-state index in [9.17, 15) is 14.4 Å². The van der Waals surface area contributed by atoms with E-state index in [1.54, 1.807) is 14.0 Å². The van der Waals surface area contributed by atoms with Gasteiger partial charge in [0, 0.05) is 32.8 Å². The monoisotopic (exact) mass is 532 g/mol. The Hall–Kier alpha value is -2.42. The highest BCUT2D eigenvalue weighted by atomic mass is 16.6. The number of carbonyl (C=O) groups is 3. The Kier molecular flexibility index (Phi) is 7.99. The minimum absolute atomic E-state index is 0.0380. The zero-order valence-electron chi connectivity index (χ0n) is 23.9. The molecule has 0 aromatic rings. The molecule has 1 amide bonds. The van der Waals surface area contributed by atoms with Crippen molar-refractivity contribution in [1.82, 2.24) is 5.43 Å². The maximum Gasteiger partial charge on any atom is 0.427 e. The van der Waals surface area contributed by atoms with Crippen LogP contribution in [-0.4, -0.2) is 55.3 Å². The van der Waals surface area contributed by atoms with Gasteiger partial charge in [-0.2, -0.15) is 5.10 Å². The van der Waals surface area contributed by atoms with Gasteiger partial charge in [0.25, 0.3) is 0 Å². The van der Waals surface area contributed by atoms with E-state index in [0.717, 1.165) is 38.5 Å². The van der Waals surface area contributed by atoms with Crippen LogP contribution in [0.3, 0.4) is 0 Å². The maximum absolute atomic E-state index is 12.3. The highest BCUT2D eigenvalue weighted by Crippen LogP contribution is 2.68. The fourth-order valence-electron chi connectivity index (χ4n) is 8.81. The Bertz CT molecular complexity index is 1020. The molecule has 0 heterocycles. The summed E-state index contributed by atoms with van der Waals surface area (Å²) in [6.07, 6.45) is 7.38. The van der Waals surface area contributed by atoms with Crippen molar-refractivity contribution in [3.05, 3.63) is 11.6 Å². The van der Waals surface area contributed by atoms with Gasteiger partial charge in [0.2, 0.25) is 0 Å². The normalized spacial score (nSPS) is 40.1. The van der Waals surface area contributed by atoms with E-state index in [4.69, 9.17) is 18.9 Å². The highest BCUT2D eigenvalue weighted by molar-refractivity contribution is 5.93. The standard InChI is InChI=1S/C29H44N2O7/c1-8-36-26(34)31-30-17(2)29(35-7)25(38-19(4)33)16-24-22-10-9-20-15-21(37-18(3)32)11-13-27(20,5)23(22)12-14-28(24,29)6/h9,21-25H,8,10-16H2,1-7H3,(H,31,34)/b30-17+. The van der Waals surface area contributed by atoms with Gasteiger partial charge >= 0.3 is 18.0 Å². The van der Waals surface area contributed by atoms with E-state index < -0.39 is 17.8 Å². The predicted molar refractivity (Wildman–Crippen MR) is 141 cm³/mol. The van der Waals surface area contributed by atoms with Gasteiger partial charge in [-0.15, -0.1) is 0 Å². The second kappa shape index (κ2) is 10.6. The number of esters is 2. The Morgan fingerprint density at radius 3 is 2.39 bits per heavy atom. The number of methoxy groups -OCH3 is 1. The minimum Gasteiger partial charge on any atom is -0.462 e. The molecule has 4 rings (SSSR count). The van der Waals surface area contributed by atoms with Crippen molar-refractivity contribution in [2.24, 2.45) is 33.7 Å². The van der Waals surface area contributed by atoms with Gasteiger partial charge in [-0.05, 0) is 75.5 Å². The fourth-order valence-corrected chi connectivity index (χ4v) is 8.81. The summed E-state index contributed by atoms with van der Waals surface area (Å²) in [6, 6.07) is 0. The van der Waals surface area contributed by atoms with Crippen molar-refractivity contribution in [2.45, 2.75) is 104 Å². The predicted octanol–water partition coefficient (Wildman–Crippen LogP) is 4.93. The van der Waals surface area contributed by atoms with Gasteiger partial charge in [-0.25, -0.2) is 10.2 Å². The molecule has 0 radical (unpaired) electrons. The first-order chi connectivity index (χ1) is 17.9. The molecule has 8 atom stereocenters. The number of rotatable bonds is 6. The largest absolute Gasteiger partial charge is 0.462 e. The smallest absolute Gasteiger partial charge is 0.427 e. The van der Waals surface area contributed by atoms with Crippen molar-refractivity contribution >= 4 is 23.7 Å². The van der Waals surface area contributed by atoms with Crippen LogP contribution in [0.5, 0.6) is 0 Å². The summed E-state index contributed by atoms with van der Waals surface area (Å²) in [7, 11) is 1.65. The lowest BCUT2D eigenvalue weighted by molar-refractivity contribution is -0.167. The number of fused-ring (bicyclic) bond motifs is 5. The molecule has 4 aliphatic rings. The van der Waals surface area contributed by atoms with Crippen LogP contribution in [0.2, 0.25) is 0 Å². The Morgan fingerprint density at radius 2 is 1.76 bits per heavy atom. The number of hydrogen-bond acceptors (Lipinski definition) is 8. The zero-order valence-corrected chi connectivity index (χ0v) is 23.9. The third kappa shape index (κ3) is 4.54. The maximum atomic E-state index is 12.3. The molecule has 3 saturated carbocycles. The van der Waals surface area contributed by atoms with Crippen LogP contribution in [0.15, 0.2) is 16.8 Å². The Balaban J connectivity index is 1.68. The SMILES string of the molecule is CCOC(=O)N/N=C(\C)C1(OC)C(OC(C)=O)CC2C3CC=C4CC(OC(C)=O)CCC4(C)C3CCC21C. The second-order valence-electron chi connectivity index (χ2n) is 12.0. The molecule has 3 fully saturated rings. The van der Waals surface area contributed by atoms with Gasteiger partial charge in [0.1, 0.15) is 17.8 Å². The van der Waals surface area contributed by atoms with Gasteiger partial charge in [0.05, 0.1) is 12.3 Å². The number of amides is 1. The molecule has 38 heavy (non-hydrogen) atoms. The molecule has 0 aliphatic heterocycles. The molecule has 9 heteroatoms. The molecule has 8 unspecified atom stereocenters. The van der Waals surface area contributed by atoms with Crippen molar-refractivity contribution in [2.75, 3.05) is 13.7 Å². The molecule has 0 spiro atoms. The van der Waals surface area contributed by atoms with Crippen molar-refractivity contribution in [3.63, 3.8) is 0 Å². The molecular formula is C29H44N2O7.